The van der Waals surface area contributed by atoms with Crippen LogP contribution in [-0.2, 0) is 11.3 Å². The highest BCUT2D eigenvalue weighted by Crippen LogP contribution is 2.28. The summed E-state index contributed by atoms with van der Waals surface area (Å²) in [4.78, 5) is 5.21. The van der Waals surface area contributed by atoms with Gasteiger partial charge < -0.3 is 9.15 Å². The van der Waals surface area contributed by atoms with Gasteiger partial charge in [-0.25, -0.2) is 0 Å². The number of rotatable bonds is 3. The molecule has 0 amide bonds. The molecule has 4 heteroatoms. The number of furan rings is 1. The molecular weight excluding hydrogens is 276 g/mol. The minimum absolute atomic E-state index is 0.590. The number of fused-ring (bicyclic) bond motifs is 1. The molecule has 22 heavy (non-hydrogen) atoms. The van der Waals surface area contributed by atoms with E-state index >= 15 is 0 Å². The molecule has 0 spiro atoms. The van der Waals surface area contributed by atoms with Gasteiger partial charge >= 0.3 is 0 Å². The van der Waals surface area contributed by atoms with Gasteiger partial charge in [-0.2, -0.15) is 0 Å². The number of morpholine rings is 1. The van der Waals surface area contributed by atoms with Crippen molar-refractivity contribution in [3.05, 3.63) is 36.1 Å². The van der Waals surface area contributed by atoms with E-state index in [1.807, 2.05) is 18.4 Å². The molecule has 1 aromatic carbocycles. The van der Waals surface area contributed by atoms with E-state index in [-0.39, 0.29) is 0 Å². The first-order chi connectivity index (χ1) is 10.8. The van der Waals surface area contributed by atoms with Crippen LogP contribution < -0.4 is 0 Å². The fraction of sp³-hybridized carbons (Fsp3) is 0.556. The minimum Gasteiger partial charge on any atom is -0.464 e. The zero-order valence-electron chi connectivity index (χ0n) is 13.2. The van der Waals surface area contributed by atoms with Crippen LogP contribution in [0.15, 0.2) is 34.9 Å². The normalized spacial score (nSPS) is 27.7. The maximum absolute atomic E-state index is 5.68. The van der Waals surface area contributed by atoms with Gasteiger partial charge in [0.15, 0.2) is 0 Å². The summed E-state index contributed by atoms with van der Waals surface area (Å²) in [5, 5.41) is 1.25. The molecule has 4 rings (SSSR count). The van der Waals surface area contributed by atoms with Crippen LogP contribution in [0.2, 0.25) is 0 Å². The number of hydrogen-bond donors (Lipinski definition) is 0. The Labute approximate surface area is 131 Å². The maximum Gasteiger partial charge on any atom is 0.134 e. The van der Waals surface area contributed by atoms with Crippen LogP contribution in [0.25, 0.3) is 11.0 Å². The SMILES string of the molecule is C[C@@H]1[C@H](N2CCOCC2)CCN1Cc1coc2ccccc12. The fourth-order valence-electron chi connectivity index (χ4n) is 3.98. The molecule has 2 aliphatic heterocycles. The van der Waals surface area contributed by atoms with Crippen molar-refractivity contribution in [1.29, 1.82) is 0 Å². The average molecular weight is 300 g/mol. The smallest absolute Gasteiger partial charge is 0.134 e. The van der Waals surface area contributed by atoms with Crippen LogP contribution in [0.5, 0.6) is 0 Å². The molecule has 2 fully saturated rings. The van der Waals surface area contributed by atoms with Gasteiger partial charge in [-0.05, 0) is 19.4 Å². The van der Waals surface area contributed by atoms with Crippen LogP contribution in [0.3, 0.4) is 0 Å². The van der Waals surface area contributed by atoms with Crippen molar-refractivity contribution >= 4 is 11.0 Å². The molecule has 0 saturated carbocycles. The monoisotopic (exact) mass is 300 g/mol. The van der Waals surface area contributed by atoms with Crippen molar-refractivity contribution in [1.82, 2.24) is 9.80 Å². The van der Waals surface area contributed by atoms with E-state index in [1.54, 1.807) is 0 Å². The lowest BCUT2D eigenvalue weighted by atomic mass is 10.1. The molecular formula is C18H24N2O2. The topological polar surface area (TPSA) is 28.9 Å². The molecule has 4 nitrogen and oxygen atoms in total. The molecule has 3 heterocycles. The number of nitrogens with zero attached hydrogens (tertiary/aromatic N) is 2. The first-order valence-electron chi connectivity index (χ1n) is 8.34. The van der Waals surface area contributed by atoms with Gasteiger partial charge in [-0.3, -0.25) is 9.80 Å². The number of hydrogen-bond acceptors (Lipinski definition) is 4. The van der Waals surface area contributed by atoms with Crippen LogP contribution in [-0.4, -0.2) is 54.7 Å². The molecule has 0 bridgehead atoms. The van der Waals surface area contributed by atoms with Gasteiger partial charge in [0.25, 0.3) is 0 Å². The molecule has 2 aromatic rings. The number of ether oxygens (including phenoxy) is 1. The summed E-state index contributed by atoms with van der Waals surface area (Å²) in [5.41, 5.74) is 2.30. The van der Waals surface area contributed by atoms with Gasteiger partial charge in [0, 0.05) is 49.2 Å². The van der Waals surface area contributed by atoms with Crippen molar-refractivity contribution in [2.45, 2.75) is 32.0 Å². The Morgan fingerprint density at radius 3 is 2.82 bits per heavy atom. The second-order valence-corrected chi connectivity index (χ2v) is 6.47. The minimum atomic E-state index is 0.590. The average Bonchev–Trinajstić information content (AvgIpc) is 3.14. The van der Waals surface area contributed by atoms with Crippen molar-refractivity contribution in [2.24, 2.45) is 0 Å². The molecule has 2 saturated heterocycles. The second kappa shape index (κ2) is 6.03. The summed E-state index contributed by atoms with van der Waals surface area (Å²) >= 11 is 0. The van der Waals surface area contributed by atoms with Gasteiger partial charge in [-0.15, -0.1) is 0 Å². The highest BCUT2D eigenvalue weighted by atomic mass is 16.5. The summed E-state index contributed by atoms with van der Waals surface area (Å²) in [5.74, 6) is 0. The summed E-state index contributed by atoms with van der Waals surface area (Å²) < 4.78 is 11.2. The third-order valence-corrected chi connectivity index (χ3v) is 5.29. The van der Waals surface area contributed by atoms with Crippen molar-refractivity contribution < 1.29 is 9.15 Å². The standard InChI is InChI=1S/C18H24N2O2/c1-14-17(19-8-10-21-11-9-19)6-7-20(14)12-15-13-22-18-5-3-2-4-16(15)18/h2-5,13-14,17H,6-12H2,1H3/t14-,17-/m1/s1. The van der Waals surface area contributed by atoms with Crippen LogP contribution in [0.4, 0.5) is 0 Å². The Kier molecular flexibility index (Phi) is 3.90. The van der Waals surface area contributed by atoms with E-state index in [2.05, 4.69) is 28.9 Å². The van der Waals surface area contributed by atoms with E-state index in [9.17, 15) is 0 Å². The van der Waals surface area contributed by atoms with Crippen LogP contribution in [0.1, 0.15) is 18.9 Å². The molecule has 2 aliphatic rings. The molecule has 0 unspecified atom stereocenters. The predicted molar refractivity (Wildman–Crippen MR) is 86.9 cm³/mol. The number of benzene rings is 1. The van der Waals surface area contributed by atoms with Crippen molar-refractivity contribution in [2.75, 3.05) is 32.8 Å². The fourth-order valence-corrected chi connectivity index (χ4v) is 3.98. The number of para-hydroxylation sites is 1. The quantitative estimate of drug-likeness (QED) is 0.871. The lowest BCUT2D eigenvalue weighted by Crippen LogP contribution is -2.48. The maximum atomic E-state index is 5.68. The molecule has 0 N–H and O–H groups in total. The molecule has 0 aliphatic carbocycles. The second-order valence-electron chi connectivity index (χ2n) is 6.47. The summed E-state index contributed by atoms with van der Waals surface area (Å²) in [6, 6.07) is 9.58. The highest BCUT2D eigenvalue weighted by molar-refractivity contribution is 5.80. The molecule has 2 atom stereocenters. The summed E-state index contributed by atoms with van der Waals surface area (Å²) in [6.07, 6.45) is 3.19. The van der Waals surface area contributed by atoms with E-state index < -0.39 is 0 Å². The Balaban J connectivity index is 1.47. The van der Waals surface area contributed by atoms with Gasteiger partial charge in [0.2, 0.25) is 0 Å². The third kappa shape index (κ3) is 2.56. The Bertz CT molecular complexity index is 633. The van der Waals surface area contributed by atoms with E-state index in [0.29, 0.717) is 12.1 Å². The first-order valence-corrected chi connectivity index (χ1v) is 8.34. The van der Waals surface area contributed by atoms with E-state index in [1.165, 1.54) is 23.9 Å². The molecule has 118 valence electrons. The van der Waals surface area contributed by atoms with Crippen LogP contribution >= 0.6 is 0 Å². The third-order valence-electron chi connectivity index (χ3n) is 5.29. The molecule has 1 aromatic heterocycles. The predicted octanol–water partition coefficient (Wildman–Crippen LogP) is 2.73. The van der Waals surface area contributed by atoms with Gasteiger partial charge in [0.05, 0.1) is 19.5 Å². The lowest BCUT2D eigenvalue weighted by molar-refractivity contribution is 0.00985. The largest absolute Gasteiger partial charge is 0.464 e. The summed E-state index contributed by atoms with van der Waals surface area (Å²) in [6.45, 7) is 8.46. The van der Waals surface area contributed by atoms with E-state index in [4.69, 9.17) is 9.15 Å². The van der Waals surface area contributed by atoms with Gasteiger partial charge in [-0.1, -0.05) is 18.2 Å². The Morgan fingerprint density at radius 2 is 1.95 bits per heavy atom. The van der Waals surface area contributed by atoms with Crippen molar-refractivity contribution in [3.8, 4) is 0 Å². The van der Waals surface area contributed by atoms with Crippen molar-refractivity contribution in [3.63, 3.8) is 0 Å². The Hall–Kier alpha value is -1.36. The lowest BCUT2D eigenvalue weighted by Gasteiger charge is -2.35. The first kappa shape index (κ1) is 14.2. The Morgan fingerprint density at radius 1 is 1.14 bits per heavy atom. The highest BCUT2D eigenvalue weighted by Gasteiger charge is 2.35. The zero-order valence-corrected chi connectivity index (χ0v) is 13.2. The van der Waals surface area contributed by atoms with Gasteiger partial charge in [0.1, 0.15) is 5.58 Å². The van der Waals surface area contributed by atoms with Crippen LogP contribution in [0, 0.1) is 0 Å². The van der Waals surface area contributed by atoms with E-state index in [0.717, 1.165) is 38.4 Å². The summed E-state index contributed by atoms with van der Waals surface area (Å²) in [7, 11) is 0. The molecule has 0 radical (unpaired) electrons. The zero-order chi connectivity index (χ0) is 14.9. The number of likely N-dealkylation sites (tertiary alicyclic amines) is 1.